The number of hydrogen-bond acceptors (Lipinski definition) is 4. The predicted octanol–water partition coefficient (Wildman–Crippen LogP) is 2.90. The molecule has 3 N–H and O–H groups in total. The van der Waals surface area contributed by atoms with E-state index in [9.17, 15) is 9.59 Å². The van der Waals surface area contributed by atoms with Gasteiger partial charge in [-0.1, -0.05) is 6.42 Å². The van der Waals surface area contributed by atoms with Crippen LogP contribution >= 0.6 is 12.2 Å². The molecule has 1 saturated carbocycles. The van der Waals surface area contributed by atoms with Crippen molar-refractivity contribution in [2.75, 3.05) is 11.9 Å². The molecule has 1 aromatic heterocycles. The number of fused-ring (bicyclic) bond motifs is 1. The molecule has 1 aliphatic rings. The topological polar surface area (TPSA) is 87.0 Å². The fourth-order valence-electron chi connectivity index (χ4n) is 2.68. The lowest BCUT2D eigenvalue weighted by Gasteiger charge is -2.37. The highest BCUT2D eigenvalue weighted by Crippen LogP contribution is 2.43. The Morgan fingerprint density at radius 2 is 2.05 bits per heavy atom. The van der Waals surface area contributed by atoms with Crippen molar-refractivity contribution >= 4 is 40.8 Å². The molecule has 0 spiro atoms. The Labute approximate surface area is 132 Å². The number of amides is 1. The summed E-state index contributed by atoms with van der Waals surface area (Å²) in [5.74, 6) is -0.730. The molecule has 0 aliphatic heterocycles. The van der Waals surface area contributed by atoms with Gasteiger partial charge in [-0.15, -0.1) is 0 Å². The Kier molecular flexibility index (Phi) is 3.74. The molecule has 0 atom stereocenters. The molecule has 22 heavy (non-hydrogen) atoms. The van der Waals surface area contributed by atoms with Crippen LogP contribution in [-0.4, -0.2) is 28.5 Å². The number of carbonyl (C=O) groups is 2. The van der Waals surface area contributed by atoms with Crippen LogP contribution in [0.1, 0.15) is 26.2 Å². The predicted molar refractivity (Wildman–Crippen MR) is 85.0 cm³/mol. The normalized spacial score (nSPS) is 16.0. The molecular weight excluding hydrogens is 302 g/mol. The lowest BCUT2D eigenvalue weighted by atomic mass is 9.68. The molecule has 1 amide bonds. The number of esters is 1. The van der Waals surface area contributed by atoms with Crippen molar-refractivity contribution in [3.63, 3.8) is 0 Å². The number of carbonyl (C=O) groups excluding carboxylic acids is 2. The molecule has 0 unspecified atom stereocenters. The highest BCUT2D eigenvalue weighted by molar-refractivity contribution is 7.71. The number of aromatic nitrogens is 2. The molecule has 0 bridgehead atoms. The fraction of sp³-hybridized carbons (Fsp3) is 0.400. The number of benzene rings is 1. The minimum atomic E-state index is -1.03. The zero-order chi connectivity index (χ0) is 15.7. The zero-order valence-electron chi connectivity index (χ0n) is 12.2. The highest BCUT2D eigenvalue weighted by atomic mass is 32.1. The number of H-pyrrole nitrogens is 2. The minimum Gasteiger partial charge on any atom is -0.465 e. The summed E-state index contributed by atoms with van der Waals surface area (Å²) in [6.45, 7) is 2.02. The van der Waals surface area contributed by atoms with E-state index in [1.54, 1.807) is 19.1 Å². The molecule has 1 fully saturated rings. The molecule has 0 saturated heterocycles. The van der Waals surface area contributed by atoms with Crippen LogP contribution in [0.15, 0.2) is 18.2 Å². The van der Waals surface area contributed by atoms with Crippen molar-refractivity contribution in [2.24, 2.45) is 5.41 Å². The summed E-state index contributed by atoms with van der Waals surface area (Å²) in [7, 11) is 0. The van der Waals surface area contributed by atoms with Crippen molar-refractivity contribution in [1.29, 1.82) is 0 Å². The standard InChI is InChI=1S/C15H17N3O3S/c1-2-21-13(20)15(6-3-7-15)12(19)16-9-4-5-10-11(8-9)18-14(22)17-10/h4-5,8H,2-3,6-7H2,1H3,(H,16,19)(H2,17,18,22). The monoisotopic (exact) mass is 319 g/mol. The van der Waals surface area contributed by atoms with Gasteiger partial charge in [0.1, 0.15) is 5.41 Å². The zero-order valence-corrected chi connectivity index (χ0v) is 13.0. The molecule has 6 nitrogen and oxygen atoms in total. The maximum atomic E-state index is 12.5. The quantitative estimate of drug-likeness (QED) is 0.459. The summed E-state index contributed by atoms with van der Waals surface area (Å²) in [6.07, 6.45) is 1.93. The van der Waals surface area contributed by atoms with Gasteiger partial charge >= 0.3 is 5.97 Å². The molecule has 116 valence electrons. The number of hydrogen-bond donors (Lipinski definition) is 3. The summed E-state index contributed by atoms with van der Waals surface area (Å²) in [5, 5.41) is 2.82. The summed E-state index contributed by atoms with van der Waals surface area (Å²) >= 11 is 5.03. The van der Waals surface area contributed by atoms with E-state index in [2.05, 4.69) is 15.3 Å². The maximum absolute atomic E-state index is 12.5. The number of rotatable bonds is 4. The van der Waals surface area contributed by atoms with E-state index in [-0.39, 0.29) is 12.5 Å². The van der Waals surface area contributed by atoms with Gasteiger partial charge in [0.2, 0.25) is 5.91 Å². The number of aromatic amines is 2. The number of imidazole rings is 1. The van der Waals surface area contributed by atoms with E-state index in [4.69, 9.17) is 17.0 Å². The first-order valence-corrected chi connectivity index (χ1v) is 7.67. The number of nitrogens with one attached hydrogen (secondary N) is 3. The third kappa shape index (κ3) is 2.41. The highest BCUT2D eigenvalue weighted by Gasteiger charge is 2.52. The summed E-state index contributed by atoms with van der Waals surface area (Å²) in [5.41, 5.74) is 1.27. The first-order valence-electron chi connectivity index (χ1n) is 7.26. The van der Waals surface area contributed by atoms with Gasteiger partial charge < -0.3 is 20.0 Å². The average Bonchev–Trinajstić information content (AvgIpc) is 2.77. The van der Waals surface area contributed by atoms with Crippen LogP contribution in [0.4, 0.5) is 5.69 Å². The molecule has 1 heterocycles. The van der Waals surface area contributed by atoms with Gasteiger partial charge in [0.15, 0.2) is 4.77 Å². The van der Waals surface area contributed by atoms with Crippen LogP contribution in [0.3, 0.4) is 0 Å². The molecule has 2 aromatic rings. The first kappa shape index (κ1) is 14.8. The third-order valence-electron chi connectivity index (χ3n) is 4.08. The van der Waals surface area contributed by atoms with Crippen molar-refractivity contribution < 1.29 is 14.3 Å². The third-order valence-corrected chi connectivity index (χ3v) is 4.29. The Balaban J connectivity index is 1.82. The SMILES string of the molecule is CCOC(=O)C1(C(=O)Nc2ccc3[nH]c(=S)[nH]c3c2)CCC1. The first-order chi connectivity index (χ1) is 10.5. The van der Waals surface area contributed by atoms with Gasteiger partial charge in [-0.3, -0.25) is 9.59 Å². The Hall–Kier alpha value is -2.15. The van der Waals surface area contributed by atoms with Gasteiger partial charge in [0, 0.05) is 5.69 Å². The molecule has 1 aromatic carbocycles. The average molecular weight is 319 g/mol. The largest absolute Gasteiger partial charge is 0.465 e. The molecule has 7 heteroatoms. The van der Waals surface area contributed by atoms with Crippen molar-refractivity contribution in [3.05, 3.63) is 23.0 Å². The van der Waals surface area contributed by atoms with E-state index in [0.29, 0.717) is 23.3 Å². The van der Waals surface area contributed by atoms with E-state index in [0.717, 1.165) is 17.5 Å². The number of ether oxygens (including phenoxy) is 1. The van der Waals surface area contributed by atoms with Crippen LogP contribution in [0.5, 0.6) is 0 Å². The molecular formula is C15H17N3O3S. The van der Waals surface area contributed by atoms with Gasteiger partial charge in [-0.2, -0.15) is 0 Å². The van der Waals surface area contributed by atoms with Crippen LogP contribution in [0.25, 0.3) is 11.0 Å². The van der Waals surface area contributed by atoms with Crippen LogP contribution < -0.4 is 5.32 Å². The van der Waals surface area contributed by atoms with E-state index >= 15 is 0 Å². The second-order valence-electron chi connectivity index (χ2n) is 5.45. The van der Waals surface area contributed by atoms with Gasteiger partial charge in [0.25, 0.3) is 0 Å². The Bertz CT molecular complexity index is 789. The van der Waals surface area contributed by atoms with Crippen LogP contribution in [0.2, 0.25) is 0 Å². The maximum Gasteiger partial charge on any atom is 0.321 e. The molecule has 1 aliphatic carbocycles. The lowest BCUT2D eigenvalue weighted by Crippen LogP contribution is -2.49. The smallest absolute Gasteiger partial charge is 0.321 e. The minimum absolute atomic E-state index is 0.278. The summed E-state index contributed by atoms with van der Waals surface area (Å²) in [4.78, 5) is 30.6. The van der Waals surface area contributed by atoms with Gasteiger partial charge in [-0.25, -0.2) is 0 Å². The van der Waals surface area contributed by atoms with Gasteiger partial charge in [0.05, 0.1) is 17.6 Å². The van der Waals surface area contributed by atoms with Crippen molar-refractivity contribution in [2.45, 2.75) is 26.2 Å². The fourth-order valence-corrected chi connectivity index (χ4v) is 2.90. The number of anilines is 1. The van der Waals surface area contributed by atoms with Gasteiger partial charge in [-0.05, 0) is 50.2 Å². The van der Waals surface area contributed by atoms with Crippen molar-refractivity contribution in [3.8, 4) is 0 Å². The van der Waals surface area contributed by atoms with E-state index < -0.39 is 11.4 Å². The second-order valence-corrected chi connectivity index (χ2v) is 5.86. The Morgan fingerprint density at radius 1 is 1.32 bits per heavy atom. The van der Waals surface area contributed by atoms with Crippen molar-refractivity contribution in [1.82, 2.24) is 9.97 Å². The van der Waals surface area contributed by atoms with E-state index in [1.165, 1.54) is 0 Å². The Morgan fingerprint density at radius 3 is 2.68 bits per heavy atom. The van der Waals surface area contributed by atoms with Crippen LogP contribution in [-0.2, 0) is 14.3 Å². The lowest BCUT2D eigenvalue weighted by molar-refractivity contribution is -0.165. The molecule has 3 rings (SSSR count). The molecule has 0 radical (unpaired) electrons. The second kappa shape index (κ2) is 5.57. The summed E-state index contributed by atoms with van der Waals surface area (Å²) < 4.78 is 5.59. The van der Waals surface area contributed by atoms with Crippen LogP contribution in [0, 0.1) is 10.2 Å². The van der Waals surface area contributed by atoms with E-state index in [1.807, 2.05) is 6.07 Å². The summed E-state index contributed by atoms with van der Waals surface area (Å²) in [6, 6.07) is 5.39.